The molecule has 0 amide bonds. The summed E-state index contributed by atoms with van der Waals surface area (Å²) >= 11 is 13.6. The smallest absolute Gasteiger partial charge is 0.323 e. The molecule has 0 spiro atoms. The number of carboxylic acid groups (broad SMARTS) is 2. The maximum absolute atomic E-state index is 11.6. The zero-order chi connectivity index (χ0) is 49.7. The number of aliphatic hydroxyl groups is 2. The normalized spacial score (nSPS) is 12.9. The molecule has 0 aliphatic carbocycles. The fourth-order valence-electron chi connectivity index (χ4n) is 7.49. The van der Waals surface area contributed by atoms with Crippen LogP contribution in [0.25, 0.3) is 11.1 Å². The van der Waals surface area contributed by atoms with Gasteiger partial charge >= 0.3 is 11.9 Å². The van der Waals surface area contributed by atoms with Crippen LogP contribution in [-0.4, -0.2) is 93.1 Å². The van der Waals surface area contributed by atoms with Crippen LogP contribution >= 0.6 is 23.2 Å². The predicted octanol–water partition coefficient (Wildman–Crippen LogP) is 7.30. The number of hydrogen-bond acceptors (Lipinski definition) is 14. The first-order valence-corrected chi connectivity index (χ1v) is 22.9. The Balaban J connectivity index is 1.08. The summed E-state index contributed by atoms with van der Waals surface area (Å²) in [5.41, 5.74) is 11.2. The first-order chi connectivity index (χ1) is 33.8. The second-order valence-electron chi connectivity index (χ2n) is 16.4. The minimum atomic E-state index is -1.20. The molecule has 0 fully saturated rings. The minimum Gasteiger partial charge on any atom is -0.488 e. The lowest BCUT2D eigenvalue weighted by atomic mass is 9.92. The number of hydrogen-bond donors (Lipinski definition) is 6. The summed E-state index contributed by atoms with van der Waals surface area (Å²) in [5, 5.41) is 44.5. The molecule has 1 aliphatic rings. The summed E-state index contributed by atoms with van der Waals surface area (Å²) in [7, 11) is 1.67. The summed E-state index contributed by atoms with van der Waals surface area (Å²) < 4.78 is 25.3. The lowest BCUT2D eigenvalue weighted by Gasteiger charge is -2.19. The van der Waals surface area contributed by atoms with Gasteiger partial charge in [0.1, 0.15) is 61.5 Å². The Labute approximate surface area is 414 Å². The Morgan fingerprint density at radius 1 is 0.657 bits per heavy atom. The molecule has 0 bridgehead atoms. The molecule has 0 saturated carbocycles. The number of carbonyl (C=O) groups is 2. The van der Waals surface area contributed by atoms with Crippen molar-refractivity contribution in [3.8, 4) is 34.1 Å². The van der Waals surface area contributed by atoms with E-state index in [1.807, 2.05) is 62.4 Å². The SMILES string of the molecule is C/N=C/c1cncc(COc2cc(OCc3cccc(-c4cccc(COc5cc(OCc6cncc(C7=NC7)c6)c(CNC(CO)C(=O)O)cc5Cl)c4C)c3C)c(Cl)cc2CNC(CO)C(=O)O)c1. The van der Waals surface area contributed by atoms with Gasteiger partial charge in [0.25, 0.3) is 0 Å². The molecule has 364 valence electrons. The van der Waals surface area contributed by atoms with E-state index in [-0.39, 0.29) is 49.6 Å². The van der Waals surface area contributed by atoms with Crippen LogP contribution < -0.4 is 29.6 Å². The highest BCUT2D eigenvalue weighted by molar-refractivity contribution is 6.32. The van der Waals surface area contributed by atoms with Gasteiger partial charge in [-0.25, -0.2) is 0 Å². The van der Waals surface area contributed by atoms with Crippen molar-refractivity contribution >= 4 is 47.1 Å². The number of aromatic nitrogens is 2. The lowest BCUT2D eigenvalue weighted by Crippen LogP contribution is -2.39. The van der Waals surface area contributed by atoms with Gasteiger partial charge in [-0.05, 0) is 71.5 Å². The van der Waals surface area contributed by atoms with Crippen molar-refractivity contribution in [3.05, 3.63) is 163 Å². The molecule has 0 radical (unpaired) electrons. The maximum atomic E-state index is 11.6. The number of nitrogens with one attached hydrogen (secondary N) is 2. The van der Waals surface area contributed by atoms with E-state index in [4.69, 9.17) is 42.1 Å². The van der Waals surface area contributed by atoms with E-state index in [1.54, 1.807) is 62.3 Å². The molecule has 18 heteroatoms. The lowest BCUT2D eigenvalue weighted by molar-refractivity contribution is -0.141. The summed E-state index contributed by atoms with van der Waals surface area (Å²) in [6, 6.07) is 20.1. The van der Waals surface area contributed by atoms with E-state index in [9.17, 15) is 30.0 Å². The molecule has 2 atom stereocenters. The van der Waals surface area contributed by atoms with Gasteiger partial charge in [0, 0.05) is 96.7 Å². The van der Waals surface area contributed by atoms with Gasteiger partial charge in [0.05, 0.1) is 35.5 Å². The number of benzene rings is 4. The van der Waals surface area contributed by atoms with Crippen molar-refractivity contribution < 1.29 is 49.0 Å². The topological polar surface area (TPSA) is 227 Å². The largest absolute Gasteiger partial charge is 0.488 e. The highest BCUT2D eigenvalue weighted by Crippen LogP contribution is 2.37. The van der Waals surface area contributed by atoms with Crippen LogP contribution in [0, 0.1) is 13.8 Å². The summed E-state index contributed by atoms with van der Waals surface area (Å²) in [6.07, 6.45) is 8.51. The van der Waals surface area contributed by atoms with Gasteiger partial charge in [-0.2, -0.15) is 0 Å². The van der Waals surface area contributed by atoms with Crippen LogP contribution in [0.1, 0.15) is 55.6 Å². The third-order valence-electron chi connectivity index (χ3n) is 11.5. The standard InChI is InChI=1S/C52H52Cl2N6O10/c1-30-35(28-69-49-14-47(67-26-33-10-32(16-55-3)17-56-18-33)38(12-42(49)53)21-58-45(24-61)51(63)64)6-4-8-40(30)41-9-5-7-36(31(41)2)29-70-50-15-48(39(13-43(50)54)22-59-46(25-62)52(65)66)68-27-34-11-37(20-57-19-34)44-23-60-44/h4-20,45-46,58-59,61-62H,21-29H2,1-3H3,(H,63,64)(H,65,66)/b55-16+. The second kappa shape index (κ2) is 24.1. The van der Waals surface area contributed by atoms with E-state index < -0.39 is 37.2 Å². The molecule has 7 rings (SSSR count). The first kappa shape index (κ1) is 50.9. The molecule has 1 aliphatic heterocycles. The quantitative estimate of drug-likeness (QED) is 0.0310. The molecule has 6 N–H and O–H groups in total. The highest BCUT2D eigenvalue weighted by Gasteiger charge is 2.21. The van der Waals surface area contributed by atoms with Gasteiger partial charge in [-0.15, -0.1) is 0 Å². The zero-order valence-corrected chi connectivity index (χ0v) is 40.1. The van der Waals surface area contributed by atoms with Crippen LogP contribution in [0.15, 0.2) is 108 Å². The Morgan fingerprint density at radius 2 is 1.13 bits per heavy atom. The average molecular weight is 992 g/mol. The van der Waals surface area contributed by atoms with E-state index in [2.05, 4.69) is 30.6 Å². The van der Waals surface area contributed by atoms with E-state index in [0.717, 1.165) is 61.3 Å². The summed E-state index contributed by atoms with van der Waals surface area (Å²) in [6.45, 7) is 4.24. The van der Waals surface area contributed by atoms with Crippen molar-refractivity contribution in [2.45, 2.75) is 65.4 Å². The monoisotopic (exact) mass is 990 g/mol. The Morgan fingerprint density at radius 3 is 1.59 bits per heavy atom. The maximum Gasteiger partial charge on any atom is 0.323 e. The molecule has 3 heterocycles. The summed E-state index contributed by atoms with van der Waals surface area (Å²) in [4.78, 5) is 40.2. The van der Waals surface area contributed by atoms with E-state index in [0.29, 0.717) is 40.7 Å². The van der Waals surface area contributed by atoms with Crippen LogP contribution in [0.4, 0.5) is 0 Å². The van der Waals surface area contributed by atoms with Crippen LogP contribution in [0.2, 0.25) is 10.0 Å². The first-order valence-electron chi connectivity index (χ1n) is 22.2. The number of ether oxygens (including phenoxy) is 4. The van der Waals surface area contributed by atoms with Gasteiger partial charge in [0.2, 0.25) is 0 Å². The fourth-order valence-corrected chi connectivity index (χ4v) is 7.98. The number of aliphatic carboxylic acids is 2. The van der Waals surface area contributed by atoms with Crippen molar-refractivity contribution in [2.75, 3.05) is 26.8 Å². The molecular weight excluding hydrogens is 940 g/mol. The van der Waals surface area contributed by atoms with Gasteiger partial charge in [0.15, 0.2) is 0 Å². The molecule has 16 nitrogen and oxygen atoms in total. The molecule has 0 saturated heterocycles. The van der Waals surface area contributed by atoms with Gasteiger partial charge in [-0.1, -0.05) is 59.6 Å². The third-order valence-corrected chi connectivity index (χ3v) is 12.1. The van der Waals surface area contributed by atoms with Crippen molar-refractivity contribution in [3.63, 3.8) is 0 Å². The molecule has 2 aromatic heterocycles. The van der Waals surface area contributed by atoms with E-state index >= 15 is 0 Å². The van der Waals surface area contributed by atoms with Crippen molar-refractivity contribution in [1.82, 2.24) is 20.6 Å². The van der Waals surface area contributed by atoms with Crippen LogP contribution in [-0.2, 0) is 49.1 Å². The molecule has 6 aromatic rings. The minimum absolute atomic E-state index is 0.0398. The molecule has 70 heavy (non-hydrogen) atoms. The zero-order valence-electron chi connectivity index (χ0n) is 38.6. The molecule has 4 aromatic carbocycles. The number of carboxylic acids is 2. The highest BCUT2D eigenvalue weighted by atomic mass is 35.5. The van der Waals surface area contributed by atoms with Gasteiger partial charge in [-0.3, -0.25) is 40.2 Å². The van der Waals surface area contributed by atoms with E-state index in [1.165, 1.54) is 0 Å². The Hall–Kier alpha value is -6.92. The fraction of sp³-hybridized carbons (Fsp3) is 0.269. The van der Waals surface area contributed by atoms with Crippen LogP contribution in [0.3, 0.4) is 0 Å². The van der Waals surface area contributed by atoms with Gasteiger partial charge < -0.3 is 39.4 Å². The Kier molecular flexibility index (Phi) is 17.5. The Bertz CT molecular complexity index is 2910. The number of aliphatic imine (C=N–C) groups is 2. The average Bonchev–Trinajstić information content (AvgIpc) is 4.20. The number of pyridine rings is 2. The van der Waals surface area contributed by atoms with Crippen LogP contribution in [0.5, 0.6) is 23.0 Å². The number of halogens is 2. The number of nitrogens with zero attached hydrogens (tertiary/aromatic N) is 4. The molecular formula is C52H52Cl2N6O10. The summed E-state index contributed by atoms with van der Waals surface area (Å²) in [5.74, 6) is -0.869. The predicted molar refractivity (Wildman–Crippen MR) is 266 cm³/mol. The third kappa shape index (κ3) is 13.2. The second-order valence-corrected chi connectivity index (χ2v) is 17.2. The van der Waals surface area contributed by atoms with Crippen molar-refractivity contribution in [2.24, 2.45) is 9.98 Å². The molecule has 2 unspecified atom stereocenters. The number of rotatable bonds is 25. The number of aliphatic hydroxyl groups excluding tert-OH is 2. The van der Waals surface area contributed by atoms with Crippen molar-refractivity contribution in [1.29, 1.82) is 0 Å².